The molecule has 2 N–H and O–H groups in total. The maximum Gasteiger partial charge on any atom is 0.410 e. The van der Waals surface area contributed by atoms with Crippen molar-refractivity contribution in [3.8, 4) is 0 Å². The summed E-state index contributed by atoms with van der Waals surface area (Å²) in [7, 11) is 0. The van der Waals surface area contributed by atoms with Crippen LogP contribution in [-0.4, -0.2) is 48.8 Å². The molecule has 0 bridgehead atoms. The Hall–Kier alpha value is -1.27. The number of nitrogens with zero attached hydrogens (tertiary/aromatic N) is 2. The summed E-state index contributed by atoms with van der Waals surface area (Å²) in [6.45, 7) is 8.72. The molecule has 1 aliphatic heterocycles. The minimum atomic E-state index is -0.449. The largest absolute Gasteiger partial charge is 0.444 e. The van der Waals surface area contributed by atoms with Gasteiger partial charge in [-0.3, -0.25) is 0 Å². The van der Waals surface area contributed by atoms with Crippen LogP contribution < -0.4 is 10.6 Å². The first-order chi connectivity index (χ1) is 11.7. The van der Waals surface area contributed by atoms with Gasteiger partial charge in [-0.2, -0.15) is 0 Å². The average molecular weight is 410 g/mol. The smallest absolute Gasteiger partial charge is 0.410 e. The van der Waals surface area contributed by atoms with Crippen molar-refractivity contribution >= 4 is 27.7 Å². The molecule has 1 aromatic carbocycles. The van der Waals surface area contributed by atoms with E-state index >= 15 is 0 Å². The van der Waals surface area contributed by atoms with Crippen LogP contribution in [0.15, 0.2) is 16.6 Å². The third kappa shape index (κ3) is 4.29. The third-order valence-corrected chi connectivity index (χ3v) is 5.60. The summed E-state index contributed by atoms with van der Waals surface area (Å²) in [6, 6.07) is 4.57. The number of carbonyl (C=O) groups is 1. The van der Waals surface area contributed by atoms with Crippen LogP contribution in [-0.2, 0) is 17.6 Å². The van der Waals surface area contributed by atoms with Crippen LogP contribution >= 0.6 is 15.9 Å². The molecule has 3 rings (SSSR count). The lowest BCUT2D eigenvalue weighted by Gasteiger charge is -2.38. The number of hydrogen-bond acceptors (Lipinski definition) is 4. The van der Waals surface area contributed by atoms with E-state index < -0.39 is 5.60 Å². The highest BCUT2D eigenvalue weighted by molar-refractivity contribution is 9.10. The van der Waals surface area contributed by atoms with Gasteiger partial charge in [0.15, 0.2) is 0 Å². The van der Waals surface area contributed by atoms with E-state index in [9.17, 15) is 4.79 Å². The van der Waals surface area contributed by atoms with Crippen molar-refractivity contribution in [1.29, 1.82) is 0 Å². The molecular formula is C19H28BrN3O2. The quantitative estimate of drug-likeness (QED) is 0.772. The van der Waals surface area contributed by atoms with Gasteiger partial charge in [0, 0.05) is 42.4 Å². The lowest BCUT2D eigenvalue weighted by molar-refractivity contribution is 0.0240. The first-order valence-corrected chi connectivity index (χ1v) is 9.82. The number of piperazine rings is 1. The number of benzene rings is 1. The highest BCUT2D eigenvalue weighted by atomic mass is 79.9. The summed E-state index contributed by atoms with van der Waals surface area (Å²) >= 11 is 3.69. The average Bonchev–Trinajstić information content (AvgIpc) is 2.54. The van der Waals surface area contributed by atoms with E-state index in [4.69, 9.17) is 10.5 Å². The monoisotopic (exact) mass is 409 g/mol. The van der Waals surface area contributed by atoms with Crippen molar-refractivity contribution in [2.24, 2.45) is 5.73 Å². The zero-order chi connectivity index (χ0) is 18.2. The zero-order valence-electron chi connectivity index (χ0n) is 15.3. The maximum absolute atomic E-state index is 12.2. The van der Waals surface area contributed by atoms with Crippen molar-refractivity contribution in [3.63, 3.8) is 0 Å². The Balaban J connectivity index is 1.71. The molecule has 1 fully saturated rings. The maximum atomic E-state index is 12.2. The number of ether oxygens (including phenoxy) is 1. The second-order valence-corrected chi connectivity index (χ2v) is 8.84. The Kier molecular flexibility index (Phi) is 5.30. The Morgan fingerprint density at radius 2 is 1.88 bits per heavy atom. The van der Waals surface area contributed by atoms with E-state index in [-0.39, 0.29) is 12.1 Å². The molecule has 6 heteroatoms. The molecule has 0 radical (unpaired) electrons. The van der Waals surface area contributed by atoms with Crippen molar-refractivity contribution in [1.82, 2.24) is 4.90 Å². The van der Waals surface area contributed by atoms with Crippen LogP contribution in [0, 0.1) is 0 Å². The lowest BCUT2D eigenvalue weighted by Crippen LogP contribution is -2.50. The SMILES string of the molecule is CC(C)(C)OC(=O)N1CCN(c2ccc(Br)c3c2C[C@H](N)CC3)CC1. The molecule has 1 aromatic rings. The Morgan fingerprint density at radius 1 is 1.20 bits per heavy atom. The normalized spacial score (nSPS) is 21.1. The molecule has 1 heterocycles. The van der Waals surface area contributed by atoms with Gasteiger partial charge in [0.1, 0.15) is 5.60 Å². The number of rotatable bonds is 1. The third-order valence-electron chi connectivity index (χ3n) is 4.85. The predicted octanol–water partition coefficient (Wildman–Crippen LogP) is 3.32. The summed E-state index contributed by atoms with van der Waals surface area (Å²) in [5.74, 6) is 0. The molecular weight excluding hydrogens is 382 g/mol. The van der Waals surface area contributed by atoms with Gasteiger partial charge in [-0.25, -0.2) is 4.79 Å². The summed E-state index contributed by atoms with van der Waals surface area (Å²) in [4.78, 5) is 16.4. The van der Waals surface area contributed by atoms with Crippen molar-refractivity contribution < 1.29 is 9.53 Å². The van der Waals surface area contributed by atoms with Crippen molar-refractivity contribution in [3.05, 3.63) is 27.7 Å². The molecule has 2 aliphatic rings. The fourth-order valence-corrected chi connectivity index (χ4v) is 4.17. The molecule has 1 saturated heterocycles. The Morgan fingerprint density at radius 3 is 2.52 bits per heavy atom. The number of amides is 1. The van der Waals surface area contributed by atoms with Gasteiger partial charge in [-0.1, -0.05) is 15.9 Å². The summed E-state index contributed by atoms with van der Waals surface area (Å²) in [5, 5.41) is 0. The van der Waals surface area contributed by atoms with E-state index in [1.165, 1.54) is 21.3 Å². The first kappa shape index (κ1) is 18.5. The number of fused-ring (bicyclic) bond motifs is 1. The van der Waals surface area contributed by atoms with Crippen LogP contribution in [0.4, 0.5) is 10.5 Å². The summed E-state index contributed by atoms with van der Waals surface area (Å²) in [5.41, 5.74) is 9.81. The van der Waals surface area contributed by atoms with Crippen LogP contribution in [0.3, 0.4) is 0 Å². The molecule has 0 unspecified atom stereocenters. The van der Waals surface area contributed by atoms with Gasteiger partial charge in [-0.05, 0) is 63.3 Å². The van der Waals surface area contributed by atoms with Crippen LogP contribution in [0.1, 0.15) is 38.3 Å². The van der Waals surface area contributed by atoms with Crippen molar-refractivity contribution in [2.75, 3.05) is 31.1 Å². The molecule has 5 nitrogen and oxygen atoms in total. The zero-order valence-corrected chi connectivity index (χ0v) is 16.9. The van der Waals surface area contributed by atoms with Crippen molar-refractivity contribution in [2.45, 2.75) is 51.7 Å². The van der Waals surface area contributed by atoms with Crippen LogP contribution in [0.2, 0.25) is 0 Å². The number of hydrogen-bond donors (Lipinski definition) is 1. The number of carbonyl (C=O) groups excluding carboxylic acids is 1. The van der Waals surface area contributed by atoms with E-state index in [0.717, 1.165) is 32.4 Å². The van der Waals surface area contributed by atoms with E-state index in [2.05, 4.69) is 33.0 Å². The van der Waals surface area contributed by atoms with Gasteiger partial charge in [-0.15, -0.1) is 0 Å². The van der Waals surface area contributed by atoms with E-state index in [1.54, 1.807) is 4.90 Å². The lowest BCUT2D eigenvalue weighted by atomic mass is 9.87. The van der Waals surface area contributed by atoms with Gasteiger partial charge < -0.3 is 20.3 Å². The highest BCUT2D eigenvalue weighted by Crippen LogP contribution is 2.35. The molecule has 1 atom stereocenters. The molecule has 1 amide bonds. The number of nitrogens with two attached hydrogens (primary N) is 1. The molecule has 138 valence electrons. The molecule has 1 aliphatic carbocycles. The van der Waals surface area contributed by atoms with Gasteiger partial charge >= 0.3 is 6.09 Å². The summed E-state index contributed by atoms with van der Waals surface area (Å²) in [6.07, 6.45) is 2.78. The second kappa shape index (κ2) is 7.16. The molecule has 0 aromatic heterocycles. The second-order valence-electron chi connectivity index (χ2n) is 7.98. The molecule has 25 heavy (non-hydrogen) atoms. The topological polar surface area (TPSA) is 58.8 Å². The summed E-state index contributed by atoms with van der Waals surface area (Å²) < 4.78 is 6.67. The minimum Gasteiger partial charge on any atom is -0.444 e. The fraction of sp³-hybridized carbons (Fsp3) is 0.632. The Bertz CT molecular complexity index is 649. The number of halogens is 1. The molecule has 0 spiro atoms. The first-order valence-electron chi connectivity index (χ1n) is 9.03. The number of anilines is 1. The van der Waals surface area contributed by atoms with Crippen LogP contribution in [0.25, 0.3) is 0 Å². The minimum absolute atomic E-state index is 0.216. The van der Waals surface area contributed by atoms with E-state index in [0.29, 0.717) is 13.1 Å². The van der Waals surface area contributed by atoms with Crippen LogP contribution in [0.5, 0.6) is 0 Å². The fourth-order valence-electron chi connectivity index (χ4n) is 3.60. The van der Waals surface area contributed by atoms with E-state index in [1.807, 2.05) is 20.8 Å². The van der Waals surface area contributed by atoms with Gasteiger partial charge in [0.2, 0.25) is 0 Å². The standard InChI is InChI=1S/C19H28BrN3O2/c1-19(2,3)25-18(24)23-10-8-22(9-11-23)17-7-6-16(20)14-5-4-13(21)12-15(14)17/h6-7,13H,4-5,8-12,21H2,1-3H3/t13-/m1/s1. The predicted molar refractivity (Wildman–Crippen MR) is 104 cm³/mol. The van der Waals surface area contributed by atoms with Gasteiger partial charge in [0.05, 0.1) is 0 Å². The van der Waals surface area contributed by atoms with Gasteiger partial charge in [0.25, 0.3) is 0 Å². The molecule has 0 saturated carbocycles. The Labute approximate surface area is 158 Å². The highest BCUT2D eigenvalue weighted by Gasteiger charge is 2.28.